The van der Waals surface area contributed by atoms with E-state index in [4.69, 9.17) is 0 Å². The summed E-state index contributed by atoms with van der Waals surface area (Å²) in [6.07, 6.45) is 4.64. The summed E-state index contributed by atoms with van der Waals surface area (Å²) < 4.78 is 0. The minimum Gasteiger partial charge on any atom is -0.338 e. The third-order valence-corrected chi connectivity index (χ3v) is 2.62. The highest BCUT2D eigenvalue weighted by Crippen LogP contribution is 2.11. The van der Waals surface area contributed by atoms with Gasteiger partial charge in [-0.3, -0.25) is 0 Å². The zero-order valence-electron chi connectivity index (χ0n) is 8.68. The van der Waals surface area contributed by atoms with Gasteiger partial charge in [0.1, 0.15) is 0 Å². The molecule has 0 spiro atoms. The van der Waals surface area contributed by atoms with Crippen molar-refractivity contribution in [2.75, 3.05) is 13.1 Å². The molecule has 1 saturated heterocycles. The van der Waals surface area contributed by atoms with Crippen molar-refractivity contribution in [1.82, 2.24) is 10.2 Å². The van der Waals surface area contributed by atoms with E-state index in [0.717, 1.165) is 25.9 Å². The normalized spacial score (nSPS) is 19.8. The van der Waals surface area contributed by atoms with E-state index in [2.05, 4.69) is 19.2 Å². The summed E-state index contributed by atoms with van der Waals surface area (Å²) in [6, 6.07) is 0.523. The maximum Gasteiger partial charge on any atom is 0.317 e. The number of carbonyl (C=O) groups excluding carboxylic acids is 1. The van der Waals surface area contributed by atoms with Crippen LogP contribution in [0.15, 0.2) is 0 Å². The Kier molecular flexibility index (Phi) is 4.06. The van der Waals surface area contributed by atoms with Crippen molar-refractivity contribution in [3.63, 3.8) is 0 Å². The van der Waals surface area contributed by atoms with Crippen molar-refractivity contribution in [2.45, 2.75) is 45.6 Å². The van der Waals surface area contributed by atoms with Crippen LogP contribution < -0.4 is 5.32 Å². The molecule has 1 rings (SSSR count). The molecule has 0 aromatic rings. The molecule has 1 unspecified atom stereocenters. The Morgan fingerprint density at radius 2 is 2.38 bits per heavy atom. The lowest BCUT2D eigenvalue weighted by Gasteiger charge is -2.32. The fraction of sp³-hybridized carbons (Fsp3) is 0.900. The quantitative estimate of drug-likeness (QED) is 0.712. The molecule has 0 bridgehead atoms. The highest BCUT2D eigenvalue weighted by Gasteiger charge is 2.21. The number of nitrogens with one attached hydrogen (secondary N) is 1. The molecule has 76 valence electrons. The van der Waals surface area contributed by atoms with Crippen LogP contribution in [0.4, 0.5) is 4.79 Å². The van der Waals surface area contributed by atoms with Crippen LogP contribution in [-0.2, 0) is 0 Å². The molecular formula is C10H20N2O. The first-order chi connectivity index (χ1) is 6.25. The Morgan fingerprint density at radius 1 is 1.62 bits per heavy atom. The van der Waals surface area contributed by atoms with Crippen LogP contribution in [0.2, 0.25) is 0 Å². The lowest BCUT2D eigenvalue weighted by atomic mass is 10.1. The second kappa shape index (κ2) is 5.10. The molecule has 0 aromatic carbocycles. The van der Waals surface area contributed by atoms with Gasteiger partial charge >= 0.3 is 6.03 Å². The van der Waals surface area contributed by atoms with E-state index < -0.39 is 0 Å². The molecule has 3 heteroatoms. The van der Waals surface area contributed by atoms with Crippen molar-refractivity contribution < 1.29 is 4.79 Å². The zero-order chi connectivity index (χ0) is 9.68. The maximum absolute atomic E-state index is 11.4. The third kappa shape index (κ3) is 2.90. The second-order valence-electron chi connectivity index (χ2n) is 3.77. The Morgan fingerprint density at radius 3 is 3.00 bits per heavy atom. The maximum atomic E-state index is 11.4. The Labute approximate surface area is 80.5 Å². The molecule has 1 heterocycles. The van der Waals surface area contributed by atoms with E-state index in [0.29, 0.717) is 6.04 Å². The topological polar surface area (TPSA) is 32.3 Å². The summed E-state index contributed by atoms with van der Waals surface area (Å²) >= 11 is 0. The summed E-state index contributed by atoms with van der Waals surface area (Å²) in [6.45, 7) is 6.09. The van der Waals surface area contributed by atoms with Gasteiger partial charge < -0.3 is 10.2 Å². The third-order valence-electron chi connectivity index (χ3n) is 2.62. The smallest absolute Gasteiger partial charge is 0.317 e. The summed E-state index contributed by atoms with van der Waals surface area (Å²) in [5.74, 6) is 0. The van der Waals surface area contributed by atoms with Gasteiger partial charge in [0.25, 0.3) is 0 Å². The Bertz CT molecular complexity index is 170. The van der Waals surface area contributed by atoms with E-state index in [1.165, 1.54) is 12.8 Å². The lowest BCUT2D eigenvalue weighted by Crippen LogP contribution is -2.50. The fourth-order valence-electron chi connectivity index (χ4n) is 1.72. The van der Waals surface area contributed by atoms with Gasteiger partial charge in [0.15, 0.2) is 0 Å². The van der Waals surface area contributed by atoms with Gasteiger partial charge in [-0.15, -0.1) is 0 Å². The van der Waals surface area contributed by atoms with Crippen LogP contribution in [0.25, 0.3) is 0 Å². The van der Waals surface area contributed by atoms with E-state index in [9.17, 15) is 4.79 Å². The summed E-state index contributed by atoms with van der Waals surface area (Å²) in [5.41, 5.74) is 0. The number of rotatable bonds is 4. The summed E-state index contributed by atoms with van der Waals surface area (Å²) in [4.78, 5) is 13.4. The number of urea groups is 1. The molecule has 3 nitrogen and oxygen atoms in total. The summed E-state index contributed by atoms with van der Waals surface area (Å²) in [7, 11) is 0. The highest BCUT2D eigenvalue weighted by atomic mass is 16.2. The first kappa shape index (κ1) is 10.4. The van der Waals surface area contributed by atoms with Gasteiger partial charge in [-0.2, -0.15) is 0 Å². The SMILES string of the molecule is CCCCC(C)N1CCCNC1=O. The van der Waals surface area contributed by atoms with Gasteiger partial charge in [0.05, 0.1) is 0 Å². The number of carbonyl (C=O) groups is 1. The van der Waals surface area contributed by atoms with E-state index in [1.807, 2.05) is 4.90 Å². The predicted molar refractivity (Wildman–Crippen MR) is 53.7 cm³/mol. The molecule has 0 saturated carbocycles. The molecule has 1 aliphatic heterocycles. The number of unbranched alkanes of at least 4 members (excludes halogenated alkanes) is 1. The van der Waals surface area contributed by atoms with Crippen LogP contribution in [0.5, 0.6) is 0 Å². The minimum atomic E-state index is 0.120. The van der Waals surface area contributed by atoms with Gasteiger partial charge in [-0.25, -0.2) is 4.79 Å². The number of hydrogen-bond acceptors (Lipinski definition) is 1. The van der Waals surface area contributed by atoms with E-state index in [-0.39, 0.29) is 6.03 Å². The van der Waals surface area contributed by atoms with Crippen LogP contribution in [-0.4, -0.2) is 30.1 Å². The highest BCUT2D eigenvalue weighted by molar-refractivity contribution is 5.75. The standard InChI is InChI=1S/C10H20N2O/c1-3-4-6-9(2)12-8-5-7-11-10(12)13/h9H,3-8H2,1-2H3,(H,11,13). The zero-order valence-corrected chi connectivity index (χ0v) is 8.68. The van der Waals surface area contributed by atoms with Crippen LogP contribution in [0.1, 0.15) is 39.5 Å². The Hall–Kier alpha value is -0.730. The largest absolute Gasteiger partial charge is 0.338 e. The van der Waals surface area contributed by atoms with Crippen molar-refractivity contribution >= 4 is 6.03 Å². The van der Waals surface area contributed by atoms with Crippen molar-refractivity contribution in [1.29, 1.82) is 0 Å². The molecule has 13 heavy (non-hydrogen) atoms. The molecular weight excluding hydrogens is 164 g/mol. The predicted octanol–water partition coefficient (Wildman–Crippen LogP) is 1.98. The first-order valence-corrected chi connectivity index (χ1v) is 5.30. The minimum absolute atomic E-state index is 0.120. The second-order valence-corrected chi connectivity index (χ2v) is 3.77. The Balaban J connectivity index is 2.34. The van der Waals surface area contributed by atoms with Gasteiger partial charge in [0, 0.05) is 19.1 Å². The monoisotopic (exact) mass is 184 g/mol. The van der Waals surface area contributed by atoms with Gasteiger partial charge in [-0.1, -0.05) is 19.8 Å². The molecule has 2 amide bonds. The summed E-state index contributed by atoms with van der Waals surface area (Å²) in [5, 5.41) is 2.88. The van der Waals surface area contributed by atoms with Crippen LogP contribution in [0, 0.1) is 0 Å². The fourth-order valence-corrected chi connectivity index (χ4v) is 1.72. The van der Waals surface area contributed by atoms with Crippen LogP contribution in [0.3, 0.4) is 0 Å². The van der Waals surface area contributed by atoms with Crippen molar-refractivity contribution in [2.24, 2.45) is 0 Å². The van der Waals surface area contributed by atoms with E-state index >= 15 is 0 Å². The van der Waals surface area contributed by atoms with Crippen molar-refractivity contribution in [3.8, 4) is 0 Å². The average molecular weight is 184 g/mol. The molecule has 0 aliphatic carbocycles. The first-order valence-electron chi connectivity index (χ1n) is 5.30. The molecule has 0 aromatic heterocycles. The lowest BCUT2D eigenvalue weighted by molar-refractivity contribution is 0.161. The van der Waals surface area contributed by atoms with Crippen molar-refractivity contribution in [3.05, 3.63) is 0 Å². The molecule has 1 N–H and O–H groups in total. The average Bonchev–Trinajstić information content (AvgIpc) is 2.15. The van der Waals surface area contributed by atoms with Gasteiger partial charge in [-0.05, 0) is 19.8 Å². The van der Waals surface area contributed by atoms with Gasteiger partial charge in [0.2, 0.25) is 0 Å². The molecule has 1 fully saturated rings. The van der Waals surface area contributed by atoms with Crippen LogP contribution >= 0.6 is 0 Å². The molecule has 1 aliphatic rings. The molecule has 0 radical (unpaired) electrons. The number of nitrogens with zero attached hydrogens (tertiary/aromatic N) is 1. The number of amides is 2. The number of hydrogen-bond donors (Lipinski definition) is 1. The molecule has 1 atom stereocenters. The van der Waals surface area contributed by atoms with E-state index in [1.54, 1.807) is 0 Å².